The maximum atomic E-state index is 5.56. The molecule has 3 heteroatoms. The standard InChI is InChI=1S/C12H21NO2/c1-8-6-7-12(15-8)10(3)13-9(2)11(4)14-5/h6-7,9-11,13H,1-5H3. The zero-order valence-electron chi connectivity index (χ0n) is 10.2. The summed E-state index contributed by atoms with van der Waals surface area (Å²) in [7, 11) is 1.73. The van der Waals surface area contributed by atoms with Crippen LogP contribution in [-0.4, -0.2) is 19.3 Å². The molecular formula is C12H21NO2. The van der Waals surface area contributed by atoms with Crippen LogP contribution in [0.5, 0.6) is 0 Å². The lowest BCUT2D eigenvalue weighted by atomic mass is 10.1. The molecule has 0 saturated carbocycles. The summed E-state index contributed by atoms with van der Waals surface area (Å²) in [5.74, 6) is 1.92. The van der Waals surface area contributed by atoms with Crippen molar-refractivity contribution >= 4 is 0 Å². The highest BCUT2D eigenvalue weighted by molar-refractivity contribution is 5.09. The van der Waals surface area contributed by atoms with E-state index in [9.17, 15) is 0 Å². The third-order valence-electron chi connectivity index (χ3n) is 2.78. The van der Waals surface area contributed by atoms with Crippen LogP contribution < -0.4 is 5.32 Å². The SMILES string of the molecule is COC(C)C(C)NC(C)c1ccc(C)o1. The Morgan fingerprint density at radius 2 is 1.93 bits per heavy atom. The first-order valence-electron chi connectivity index (χ1n) is 5.39. The maximum absolute atomic E-state index is 5.56. The molecule has 0 saturated heterocycles. The van der Waals surface area contributed by atoms with Gasteiger partial charge in [-0.25, -0.2) is 0 Å². The Morgan fingerprint density at radius 1 is 1.27 bits per heavy atom. The van der Waals surface area contributed by atoms with E-state index in [0.717, 1.165) is 11.5 Å². The largest absolute Gasteiger partial charge is 0.465 e. The summed E-state index contributed by atoms with van der Waals surface area (Å²) < 4.78 is 10.8. The van der Waals surface area contributed by atoms with Crippen molar-refractivity contribution in [3.63, 3.8) is 0 Å². The van der Waals surface area contributed by atoms with Crippen LogP contribution >= 0.6 is 0 Å². The lowest BCUT2D eigenvalue weighted by Gasteiger charge is -2.23. The molecule has 0 fully saturated rings. The van der Waals surface area contributed by atoms with E-state index in [4.69, 9.17) is 9.15 Å². The summed E-state index contributed by atoms with van der Waals surface area (Å²) in [4.78, 5) is 0. The molecule has 0 bridgehead atoms. The molecule has 0 radical (unpaired) electrons. The van der Waals surface area contributed by atoms with E-state index in [0.29, 0.717) is 6.04 Å². The number of hydrogen-bond donors (Lipinski definition) is 1. The Labute approximate surface area is 91.8 Å². The van der Waals surface area contributed by atoms with Gasteiger partial charge in [-0.1, -0.05) is 0 Å². The first kappa shape index (κ1) is 12.3. The third kappa shape index (κ3) is 3.36. The van der Waals surface area contributed by atoms with E-state index in [1.54, 1.807) is 7.11 Å². The average Bonchev–Trinajstić information content (AvgIpc) is 2.63. The molecule has 1 aromatic heterocycles. The maximum Gasteiger partial charge on any atom is 0.120 e. The Kier molecular flexibility index (Phi) is 4.36. The number of furan rings is 1. The van der Waals surface area contributed by atoms with Gasteiger partial charge in [0.1, 0.15) is 11.5 Å². The molecule has 0 aliphatic rings. The molecule has 15 heavy (non-hydrogen) atoms. The van der Waals surface area contributed by atoms with Crippen molar-refractivity contribution in [2.45, 2.75) is 45.9 Å². The van der Waals surface area contributed by atoms with Crippen LogP contribution in [0.2, 0.25) is 0 Å². The minimum absolute atomic E-state index is 0.198. The minimum Gasteiger partial charge on any atom is -0.465 e. The lowest BCUT2D eigenvalue weighted by molar-refractivity contribution is 0.0841. The molecule has 1 aromatic rings. The first-order valence-corrected chi connectivity index (χ1v) is 5.39. The predicted molar refractivity (Wildman–Crippen MR) is 60.9 cm³/mol. The lowest BCUT2D eigenvalue weighted by Crippen LogP contribution is -2.38. The molecule has 0 aliphatic heterocycles. The van der Waals surface area contributed by atoms with Gasteiger partial charge in [0, 0.05) is 13.2 Å². The number of rotatable bonds is 5. The van der Waals surface area contributed by atoms with E-state index < -0.39 is 0 Å². The van der Waals surface area contributed by atoms with Gasteiger partial charge in [-0.15, -0.1) is 0 Å². The van der Waals surface area contributed by atoms with E-state index in [-0.39, 0.29) is 12.1 Å². The number of methoxy groups -OCH3 is 1. The van der Waals surface area contributed by atoms with E-state index in [2.05, 4.69) is 26.1 Å². The smallest absolute Gasteiger partial charge is 0.120 e. The molecule has 1 heterocycles. The quantitative estimate of drug-likeness (QED) is 0.813. The Bertz CT molecular complexity index is 296. The molecule has 86 valence electrons. The van der Waals surface area contributed by atoms with Crippen LogP contribution in [0.25, 0.3) is 0 Å². The highest BCUT2D eigenvalue weighted by Crippen LogP contribution is 2.16. The van der Waals surface area contributed by atoms with Crippen molar-refractivity contribution in [3.05, 3.63) is 23.7 Å². The number of nitrogens with one attached hydrogen (secondary N) is 1. The molecule has 1 rings (SSSR count). The topological polar surface area (TPSA) is 34.4 Å². The van der Waals surface area contributed by atoms with Gasteiger partial charge in [-0.3, -0.25) is 0 Å². The fourth-order valence-corrected chi connectivity index (χ4v) is 1.50. The molecule has 0 aliphatic carbocycles. The van der Waals surface area contributed by atoms with Crippen molar-refractivity contribution in [1.29, 1.82) is 0 Å². The Balaban J connectivity index is 2.52. The summed E-state index contributed by atoms with van der Waals surface area (Å²) in [6, 6.07) is 4.51. The summed E-state index contributed by atoms with van der Waals surface area (Å²) in [5.41, 5.74) is 0. The normalized spacial score (nSPS) is 17.4. The van der Waals surface area contributed by atoms with Gasteiger partial charge in [0.15, 0.2) is 0 Å². The van der Waals surface area contributed by atoms with Crippen LogP contribution in [0.4, 0.5) is 0 Å². The monoisotopic (exact) mass is 211 g/mol. The van der Waals surface area contributed by atoms with Gasteiger partial charge >= 0.3 is 0 Å². The molecule has 3 nitrogen and oxygen atoms in total. The minimum atomic E-state index is 0.198. The molecular weight excluding hydrogens is 190 g/mol. The molecule has 0 spiro atoms. The zero-order chi connectivity index (χ0) is 11.4. The Morgan fingerprint density at radius 3 is 2.40 bits per heavy atom. The highest BCUT2D eigenvalue weighted by Gasteiger charge is 2.16. The second-order valence-corrected chi connectivity index (χ2v) is 4.07. The summed E-state index contributed by atoms with van der Waals surface area (Å²) >= 11 is 0. The Hall–Kier alpha value is -0.800. The molecule has 3 unspecified atom stereocenters. The molecule has 0 amide bonds. The second kappa shape index (κ2) is 5.33. The molecule has 1 N–H and O–H groups in total. The van der Waals surface area contributed by atoms with E-state index in [1.165, 1.54) is 0 Å². The fourth-order valence-electron chi connectivity index (χ4n) is 1.50. The van der Waals surface area contributed by atoms with Gasteiger partial charge in [0.2, 0.25) is 0 Å². The van der Waals surface area contributed by atoms with Crippen molar-refractivity contribution in [1.82, 2.24) is 5.32 Å². The van der Waals surface area contributed by atoms with E-state index in [1.807, 2.05) is 19.1 Å². The van der Waals surface area contributed by atoms with Gasteiger partial charge in [0.25, 0.3) is 0 Å². The van der Waals surface area contributed by atoms with Gasteiger partial charge in [-0.2, -0.15) is 0 Å². The van der Waals surface area contributed by atoms with Crippen LogP contribution in [-0.2, 0) is 4.74 Å². The second-order valence-electron chi connectivity index (χ2n) is 4.07. The molecule has 3 atom stereocenters. The van der Waals surface area contributed by atoms with Crippen molar-refractivity contribution in [3.8, 4) is 0 Å². The zero-order valence-corrected chi connectivity index (χ0v) is 10.2. The van der Waals surface area contributed by atoms with Crippen molar-refractivity contribution in [2.75, 3.05) is 7.11 Å². The van der Waals surface area contributed by atoms with Crippen LogP contribution in [0.15, 0.2) is 16.5 Å². The molecule has 0 aromatic carbocycles. The van der Waals surface area contributed by atoms with Crippen molar-refractivity contribution in [2.24, 2.45) is 0 Å². The van der Waals surface area contributed by atoms with Crippen LogP contribution in [0.1, 0.15) is 38.3 Å². The highest BCUT2D eigenvalue weighted by atomic mass is 16.5. The summed E-state index contributed by atoms with van der Waals surface area (Å²) in [6.07, 6.45) is 0.198. The van der Waals surface area contributed by atoms with Crippen LogP contribution in [0, 0.1) is 6.92 Å². The predicted octanol–water partition coefficient (Wildman–Crippen LogP) is 2.66. The van der Waals surface area contributed by atoms with Gasteiger partial charge in [0.05, 0.1) is 12.1 Å². The number of aryl methyl sites for hydroxylation is 1. The number of ether oxygens (including phenoxy) is 1. The summed E-state index contributed by atoms with van der Waals surface area (Å²) in [6.45, 7) is 8.22. The average molecular weight is 211 g/mol. The fraction of sp³-hybridized carbons (Fsp3) is 0.667. The third-order valence-corrected chi connectivity index (χ3v) is 2.78. The van der Waals surface area contributed by atoms with Crippen molar-refractivity contribution < 1.29 is 9.15 Å². The summed E-state index contributed by atoms with van der Waals surface area (Å²) in [5, 5.41) is 3.44. The van der Waals surface area contributed by atoms with Gasteiger partial charge in [-0.05, 0) is 39.8 Å². The van der Waals surface area contributed by atoms with Gasteiger partial charge < -0.3 is 14.5 Å². The van der Waals surface area contributed by atoms with Crippen LogP contribution in [0.3, 0.4) is 0 Å². The van der Waals surface area contributed by atoms with E-state index >= 15 is 0 Å². The number of hydrogen-bond acceptors (Lipinski definition) is 3. The first-order chi connectivity index (χ1) is 7.04.